The molecule has 0 amide bonds. The molecule has 1 aromatic carbocycles. The molecular weight excluding hydrogens is 526 g/mol. The smallest absolute Gasteiger partial charge is 0.392 e. The number of benzene rings is 1. The van der Waals surface area contributed by atoms with Gasteiger partial charge < -0.3 is 15.2 Å². The van der Waals surface area contributed by atoms with Crippen LogP contribution >= 0.6 is 15.9 Å². The van der Waals surface area contributed by atoms with Gasteiger partial charge in [-0.05, 0) is 67.3 Å². The van der Waals surface area contributed by atoms with Gasteiger partial charge in [-0.1, -0.05) is 6.07 Å². The number of pyridine rings is 2. The minimum absolute atomic E-state index is 0.270. The quantitative estimate of drug-likeness (QED) is 0.290. The van der Waals surface area contributed by atoms with Crippen LogP contribution in [0.5, 0.6) is 0 Å². The van der Waals surface area contributed by atoms with Crippen molar-refractivity contribution in [3.8, 4) is 17.3 Å². The van der Waals surface area contributed by atoms with E-state index in [1.807, 2.05) is 18.2 Å². The Bertz CT molecular complexity index is 1420. The van der Waals surface area contributed by atoms with Crippen molar-refractivity contribution in [2.24, 2.45) is 7.05 Å². The van der Waals surface area contributed by atoms with Crippen molar-refractivity contribution >= 4 is 21.7 Å². The number of nitrogens with zero attached hydrogens (tertiary/aromatic N) is 6. The zero-order chi connectivity index (χ0) is 25.5. The summed E-state index contributed by atoms with van der Waals surface area (Å²) < 4.78 is 28.0. The first-order valence-corrected chi connectivity index (χ1v) is 10.7. The number of nitro groups is 1. The van der Waals surface area contributed by atoms with E-state index in [0.29, 0.717) is 33.4 Å². The molecule has 3 aromatic heterocycles. The summed E-state index contributed by atoms with van der Waals surface area (Å²) >= 11 is 2.92. The maximum atomic E-state index is 13.4. The van der Waals surface area contributed by atoms with E-state index in [1.165, 1.54) is 18.3 Å². The molecule has 9 nitrogen and oxygen atoms in total. The van der Waals surface area contributed by atoms with Gasteiger partial charge >= 0.3 is 5.82 Å². The summed E-state index contributed by atoms with van der Waals surface area (Å²) in [6.07, 6.45) is 3.35. The first kappa shape index (κ1) is 25.5. The molecule has 178 valence electrons. The Labute approximate surface area is 206 Å². The Morgan fingerprint density at radius 3 is 2.60 bits per heavy atom. The van der Waals surface area contributed by atoms with E-state index >= 15 is 0 Å². The standard InChI is InChI=1S/C18H15FN4O.C5H2BrFN2O2/c1-23-16(9-15(10-20)22-23)8-12-3-2-6-21-18(12)17-5-4-14(19)7-13(17)11-24;6-3-1-4(7)5(8-2-3)9(10)11/h2-7,9,24H,8,11H2,1H3;1-2H. The Kier molecular flexibility index (Phi) is 8.30. The van der Waals surface area contributed by atoms with Gasteiger partial charge in [-0.3, -0.25) is 9.67 Å². The van der Waals surface area contributed by atoms with Crippen LogP contribution in [0.2, 0.25) is 0 Å². The minimum atomic E-state index is -0.940. The van der Waals surface area contributed by atoms with Gasteiger partial charge in [0.25, 0.3) is 0 Å². The summed E-state index contributed by atoms with van der Waals surface area (Å²) in [5.41, 5.74) is 3.99. The molecule has 0 fully saturated rings. The average molecular weight is 543 g/mol. The molecule has 3 heterocycles. The molecule has 0 aliphatic carbocycles. The molecule has 0 aliphatic rings. The van der Waals surface area contributed by atoms with Crippen LogP contribution in [0.15, 0.2) is 59.3 Å². The highest BCUT2D eigenvalue weighted by Gasteiger charge is 2.15. The molecule has 0 saturated carbocycles. The number of aromatic nitrogens is 4. The zero-order valence-electron chi connectivity index (χ0n) is 18.2. The van der Waals surface area contributed by atoms with E-state index in [2.05, 4.69) is 31.0 Å². The maximum Gasteiger partial charge on any atom is 0.399 e. The van der Waals surface area contributed by atoms with Crippen LogP contribution in [0.4, 0.5) is 14.6 Å². The largest absolute Gasteiger partial charge is 0.399 e. The normalized spacial score (nSPS) is 10.3. The molecule has 4 rings (SSSR count). The van der Waals surface area contributed by atoms with Crippen molar-refractivity contribution < 1.29 is 18.8 Å². The van der Waals surface area contributed by atoms with Gasteiger partial charge in [0.2, 0.25) is 5.82 Å². The molecule has 0 saturated heterocycles. The monoisotopic (exact) mass is 542 g/mol. The van der Waals surface area contributed by atoms with Gasteiger partial charge in [-0.15, -0.1) is 0 Å². The second kappa shape index (κ2) is 11.4. The van der Waals surface area contributed by atoms with Crippen molar-refractivity contribution in [3.05, 3.63) is 104 Å². The van der Waals surface area contributed by atoms with Gasteiger partial charge in [-0.25, -0.2) is 4.39 Å². The maximum absolute atomic E-state index is 13.4. The molecule has 0 aliphatic heterocycles. The molecule has 0 spiro atoms. The fourth-order valence-electron chi connectivity index (χ4n) is 3.21. The summed E-state index contributed by atoms with van der Waals surface area (Å²) in [4.78, 5) is 16.8. The number of halogens is 3. The summed E-state index contributed by atoms with van der Waals surface area (Å²) in [5, 5.41) is 32.6. The lowest BCUT2D eigenvalue weighted by atomic mass is 9.98. The number of aliphatic hydroxyl groups excluding tert-OH is 1. The van der Waals surface area contributed by atoms with Crippen molar-refractivity contribution in [2.45, 2.75) is 13.0 Å². The molecule has 0 bridgehead atoms. The van der Waals surface area contributed by atoms with Crippen molar-refractivity contribution in [3.63, 3.8) is 0 Å². The second-order valence-corrected chi connectivity index (χ2v) is 8.04. The van der Waals surface area contributed by atoms with Crippen LogP contribution in [0.25, 0.3) is 11.3 Å². The van der Waals surface area contributed by atoms with Crippen molar-refractivity contribution in [1.82, 2.24) is 19.7 Å². The average Bonchev–Trinajstić information content (AvgIpc) is 3.19. The summed E-state index contributed by atoms with van der Waals surface area (Å²) in [5.74, 6) is -2.09. The molecular formula is C23H17BrF2N6O3. The van der Waals surface area contributed by atoms with Gasteiger partial charge in [0.1, 0.15) is 11.9 Å². The highest BCUT2D eigenvalue weighted by atomic mass is 79.9. The molecule has 1 N–H and O–H groups in total. The van der Waals surface area contributed by atoms with Crippen LogP contribution in [-0.4, -0.2) is 29.8 Å². The first-order chi connectivity index (χ1) is 16.7. The van der Waals surface area contributed by atoms with E-state index < -0.39 is 22.4 Å². The third-order valence-corrected chi connectivity index (χ3v) is 5.24. The first-order valence-electron chi connectivity index (χ1n) is 9.95. The van der Waals surface area contributed by atoms with Gasteiger partial charge in [0, 0.05) is 37.0 Å². The van der Waals surface area contributed by atoms with Crippen LogP contribution < -0.4 is 0 Å². The summed E-state index contributed by atoms with van der Waals surface area (Å²) in [6.45, 7) is -0.270. The van der Waals surface area contributed by atoms with Crippen LogP contribution in [0.1, 0.15) is 22.5 Å². The van der Waals surface area contributed by atoms with E-state index in [4.69, 9.17) is 5.26 Å². The van der Waals surface area contributed by atoms with Gasteiger partial charge in [0.15, 0.2) is 11.9 Å². The fourth-order valence-corrected chi connectivity index (χ4v) is 3.51. The lowest BCUT2D eigenvalue weighted by molar-refractivity contribution is -0.392. The Balaban J connectivity index is 0.000000261. The van der Waals surface area contributed by atoms with Crippen LogP contribution in [-0.2, 0) is 20.1 Å². The van der Waals surface area contributed by atoms with Crippen molar-refractivity contribution in [1.29, 1.82) is 5.26 Å². The van der Waals surface area contributed by atoms with E-state index in [-0.39, 0.29) is 6.61 Å². The number of rotatable bonds is 5. The third kappa shape index (κ3) is 6.28. The Morgan fingerprint density at radius 1 is 1.20 bits per heavy atom. The molecule has 12 heteroatoms. The third-order valence-electron chi connectivity index (χ3n) is 4.81. The zero-order valence-corrected chi connectivity index (χ0v) is 19.8. The molecule has 0 radical (unpaired) electrons. The van der Waals surface area contributed by atoms with E-state index in [9.17, 15) is 24.0 Å². The topological polar surface area (TPSA) is 131 Å². The summed E-state index contributed by atoms with van der Waals surface area (Å²) in [6, 6.07) is 12.8. The lowest BCUT2D eigenvalue weighted by Gasteiger charge is -2.12. The number of aliphatic hydroxyl groups is 1. The fraction of sp³-hybridized carbons (Fsp3) is 0.130. The van der Waals surface area contributed by atoms with Gasteiger partial charge in [0.05, 0.1) is 16.8 Å². The number of hydrogen-bond donors (Lipinski definition) is 1. The minimum Gasteiger partial charge on any atom is -0.392 e. The van der Waals surface area contributed by atoms with Crippen LogP contribution in [0.3, 0.4) is 0 Å². The van der Waals surface area contributed by atoms with E-state index in [1.54, 1.807) is 30.1 Å². The molecule has 0 unspecified atom stereocenters. The predicted octanol–water partition coefficient (Wildman–Crippen LogP) is 4.47. The SMILES string of the molecule is Cn1nc(C#N)cc1Cc1cccnc1-c1ccc(F)cc1CO.O=[N+]([O-])c1ncc(Br)cc1F. The van der Waals surface area contributed by atoms with E-state index in [0.717, 1.165) is 17.3 Å². The molecule has 35 heavy (non-hydrogen) atoms. The van der Waals surface area contributed by atoms with Crippen LogP contribution in [0, 0.1) is 33.1 Å². The molecule has 0 atom stereocenters. The number of nitriles is 1. The Morgan fingerprint density at radius 2 is 1.97 bits per heavy atom. The highest BCUT2D eigenvalue weighted by molar-refractivity contribution is 9.10. The Hall–Kier alpha value is -4.08. The van der Waals surface area contributed by atoms with Gasteiger partial charge in [-0.2, -0.15) is 14.8 Å². The second-order valence-electron chi connectivity index (χ2n) is 7.12. The predicted molar refractivity (Wildman–Crippen MR) is 125 cm³/mol. The summed E-state index contributed by atoms with van der Waals surface area (Å²) in [7, 11) is 1.78. The molecule has 4 aromatic rings. The lowest BCUT2D eigenvalue weighted by Crippen LogP contribution is -2.02. The number of hydrogen-bond acceptors (Lipinski definition) is 7. The highest BCUT2D eigenvalue weighted by Crippen LogP contribution is 2.27. The van der Waals surface area contributed by atoms with Crippen molar-refractivity contribution in [2.75, 3.05) is 0 Å². The number of aryl methyl sites for hydroxylation is 1.